The largest absolute Gasteiger partial charge is 0.342 e. The maximum Gasteiger partial charge on any atom is 0.277 e. The molecule has 0 saturated carbocycles. The fourth-order valence-corrected chi connectivity index (χ4v) is 3.95. The Morgan fingerprint density at radius 1 is 1.09 bits per heavy atom. The van der Waals surface area contributed by atoms with Crippen molar-refractivity contribution in [2.24, 2.45) is 7.05 Å². The van der Waals surface area contributed by atoms with Crippen molar-refractivity contribution in [2.45, 2.75) is 20.8 Å². The molecule has 8 nitrogen and oxygen atoms in total. The molecule has 2 heterocycles. The van der Waals surface area contributed by atoms with Crippen LogP contribution in [0.5, 0.6) is 0 Å². The van der Waals surface area contributed by atoms with Crippen LogP contribution in [-0.2, 0) is 11.8 Å². The molecule has 0 radical (unpaired) electrons. The highest BCUT2D eigenvalue weighted by Gasteiger charge is 2.22. The molecular weight excluding hydrogens is 447 g/mol. The van der Waals surface area contributed by atoms with E-state index in [0.29, 0.717) is 33.6 Å². The normalized spacial score (nSPS) is 10.8. The number of carbonyl (C=O) groups is 2. The van der Waals surface area contributed by atoms with Gasteiger partial charge in [-0.15, -0.1) is 11.3 Å². The quantitative estimate of drug-likeness (QED) is 0.564. The molecule has 3 aromatic rings. The summed E-state index contributed by atoms with van der Waals surface area (Å²) in [5, 5.41) is 8.86. The molecule has 2 aromatic heterocycles. The lowest BCUT2D eigenvalue weighted by Crippen LogP contribution is -2.33. The summed E-state index contributed by atoms with van der Waals surface area (Å²) in [6.45, 7) is 4.51. The molecule has 3 rings (SSSR count). The SMILES string of the molecule is Cc1nc(-c2c(C)c(C)nn(C)c2=O)sc1C(=O)NCC(=O)Nc1ccc(F)c(F)c1F. The average Bonchev–Trinajstić information content (AvgIpc) is 3.12. The van der Waals surface area contributed by atoms with Crippen molar-refractivity contribution in [2.75, 3.05) is 11.9 Å². The van der Waals surface area contributed by atoms with Crippen molar-refractivity contribution in [3.05, 3.63) is 61.8 Å². The van der Waals surface area contributed by atoms with E-state index in [4.69, 9.17) is 0 Å². The van der Waals surface area contributed by atoms with Crippen LogP contribution >= 0.6 is 11.3 Å². The van der Waals surface area contributed by atoms with Crippen molar-refractivity contribution < 1.29 is 22.8 Å². The number of nitrogens with zero attached hydrogens (tertiary/aromatic N) is 3. The van der Waals surface area contributed by atoms with E-state index in [1.54, 1.807) is 20.8 Å². The lowest BCUT2D eigenvalue weighted by atomic mass is 10.1. The summed E-state index contributed by atoms with van der Waals surface area (Å²) < 4.78 is 41.1. The van der Waals surface area contributed by atoms with Crippen molar-refractivity contribution in [1.29, 1.82) is 0 Å². The van der Waals surface area contributed by atoms with E-state index in [0.717, 1.165) is 17.4 Å². The van der Waals surface area contributed by atoms with Gasteiger partial charge >= 0.3 is 0 Å². The molecule has 2 N–H and O–H groups in total. The van der Waals surface area contributed by atoms with Crippen LogP contribution in [-0.4, -0.2) is 33.1 Å². The maximum absolute atomic E-state index is 13.7. The van der Waals surface area contributed by atoms with Gasteiger partial charge in [-0.05, 0) is 38.5 Å². The number of rotatable bonds is 5. The zero-order chi connectivity index (χ0) is 23.7. The molecule has 0 spiro atoms. The molecule has 0 unspecified atom stereocenters. The van der Waals surface area contributed by atoms with E-state index in [9.17, 15) is 27.6 Å². The molecule has 0 aliphatic heterocycles. The van der Waals surface area contributed by atoms with Gasteiger partial charge in [0.2, 0.25) is 5.91 Å². The van der Waals surface area contributed by atoms with Crippen LogP contribution < -0.4 is 16.2 Å². The van der Waals surface area contributed by atoms with Crippen molar-refractivity contribution in [3.8, 4) is 10.6 Å². The highest BCUT2D eigenvalue weighted by atomic mass is 32.1. The number of anilines is 1. The Morgan fingerprint density at radius 2 is 1.78 bits per heavy atom. The van der Waals surface area contributed by atoms with E-state index in [1.165, 1.54) is 11.7 Å². The van der Waals surface area contributed by atoms with E-state index in [2.05, 4.69) is 20.7 Å². The number of aryl methyl sites for hydroxylation is 3. The fraction of sp³-hybridized carbons (Fsp3) is 0.250. The molecule has 12 heteroatoms. The Bertz CT molecular complexity index is 1300. The zero-order valence-corrected chi connectivity index (χ0v) is 18.3. The number of aromatic nitrogens is 3. The maximum atomic E-state index is 13.7. The van der Waals surface area contributed by atoms with Gasteiger partial charge in [-0.25, -0.2) is 22.8 Å². The Morgan fingerprint density at radius 3 is 2.47 bits per heavy atom. The number of thiazole rings is 1. The van der Waals surface area contributed by atoms with E-state index >= 15 is 0 Å². The molecule has 2 amide bonds. The van der Waals surface area contributed by atoms with E-state index in [1.807, 2.05) is 0 Å². The van der Waals surface area contributed by atoms with Crippen LogP contribution in [0.2, 0.25) is 0 Å². The third-order valence-corrected chi connectivity index (χ3v) is 5.83. The van der Waals surface area contributed by atoms with E-state index in [-0.39, 0.29) is 10.4 Å². The summed E-state index contributed by atoms with van der Waals surface area (Å²) in [4.78, 5) is 41.6. The van der Waals surface area contributed by atoms with Gasteiger partial charge in [0.05, 0.1) is 29.2 Å². The summed E-state index contributed by atoms with van der Waals surface area (Å²) in [6, 6.07) is 1.54. The van der Waals surface area contributed by atoms with Crippen molar-refractivity contribution >= 4 is 28.8 Å². The fourth-order valence-electron chi connectivity index (χ4n) is 2.87. The first-order valence-corrected chi connectivity index (χ1v) is 10.1. The van der Waals surface area contributed by atoms with Gasteiger partial charge in [-0.1, -0.05) is 0 Å². The van der Waals surface area contributed by atoms with Gasteiger partial charge in [0.25, 0.3) is 11.5 Å². The Balaban J connectivity index is 1.75. The Hall–Kier alpha value is -3.54. The first kappa shape index (κ1) is 23.1. The number of benzene rings is 1. The van der Waals surface area contributed by atoms with Crippen LogP contribution in [0.15, 0.2) is 16.9 Å². The predicted octanol–water partition coefficient (Wildman–Crippen LogP) is 2.61. The monoisotopic (exact) mass is 465 g/mol. The number of halogens is 3. The second-order valence-corrected chi connectivity index (χ2v) is 7.90. The van der Waals surface area contributed by atoms with Crippen molar-refractivity contribution in [3.63, 3.8) is 0 Å². The van der Waals surface area contributed by atoms with Crippen LogP contribution in [0, 0.1) is 38.2 Å². The Kier molecular flexibility index (Phi) is 6.44. The summed E-state index contributed by atoms with van der Waals surface area (Å²) in [5.41, 5.74) is 1.05. The first-order valence-electron chi connectivity index (χ1n) is 9.25. The lowest BCUT2D eigenvalue weighted by Gasteiger charge is -2.08. The number of hydrogen-bond acceptors (Lipinski definition) is 6. The van der Waals surface area contributed by atoms with Gasteiger partial charge in [-0.2, -0.15) is 5.10 Å². The van der Waals surface area contributed by atoms with E-state index < -0.39 is 41.5 Å². The van der Waals surface area contributed by atoms with Gasteiger partial charge in [-0.3, -0.25) is 14.4 Å². The minimum absolute atomic E-state index is 0.183. The van der Waals surface area contributed by atoms with Crippen LogP contribution in [0.3, 0.4) is 0 Å². The standard InChI is InChI=1S/C20H18F3N5O3S/c1-8-9(2)27-28(4)20(31)14(8)19-25-10(3)17(32-19)18(30)24-7-13(29)26-12-6-5-11(21)15(22)16(12)23/h5-6H,7H2,1-4H3,(H,24,30)(H,26,29). The molecular formula is C20H18F3N5O3S. The lowest BCUT2D eigenvalue weighted by molar-refractivity contribution is -0.115. The number of carbonyl (C=O) groups excluding carboxylic acids is 2. The van der Waals surface area contributed by atoms with Crippen molar-refractivity contribution in [1.82, 2.24) is 20.1 Å². The minimum atomic E-state index is -1.72. The van der Waals surface area contributed by atoms with Gasteiger partial charge in [0, 0.05) is 7.05 Å². The summed E-state index contributed by atoms with van der Waals surface area (Å²) in [6.07, 6.45) is 0. The second-order valence-electron chi connectivity index (χ2n) is 6.90. The summed E-state index contributed by atoms with van der Waals surface area (Å²) >= 11 is 0.981. The highest BCUT2D eigenvalue weighted by molar-refractivity contribution is 7.17. The number of hydrogen-bond donors (Lipinski definition) is 2. The molecule has 168 valence electrons. The second kappa shape index (κ2) is 8.91. The Labute approximate surface area is 184 Å². The van der Waals surface area contributed by atoms with Gasteiger partial charge < -0.3 is 10.6 Å². The molecule has 0 atom stereocenters. The molecule has 0 bridgehead atoms. The molecule has 0 aliphatic carbocycles. The number of nitrogens with one attached hydrogen (secondary N) is 2. The van der Waals surface area contributed by atoms with Crippen LogP contribution in [0.1, 0.15) is 26.6 Å². The first-order chi connectivity index (χ1) is 15.0. The third kappa shape index (κ3) is 4.40. The molecule has 0 saturated heterocycles. The summed E-state index contributed by atoms with van der Waals surface area (Å²) in [5.74, 6) is -6.13. The summed E-state index contributed by atoms with van der Waals surface area (Å²) in [7, 11) is 1.51. The molecule has 0 fully saturated rings. The smallest absolute Gasteiger partial charge is 0.277 e. The molecule has 32 heavy (non-hydrogen) atoms. The third-order valence-electron chi connectivity index (χ3n) is 4.66. The topological polar surface area (TPSA) is 106 Å². The zero-order valence-electron chi connectivity index (χ0n) is 17.5. The predicted molar refractivity (Wildman–Crippen MR) is 112 cm³/mol. The highest BCUT2D eigenvalue weighted by Crippen LogP contribution is 2.28. The molecule has 1 aromatic carbocycles. The average molecular weight is 465 g/mol. The van der Waals surface area contributed by atoms with Crippen LogP contribution in [0.25, 0.3) is 10.6 Å². The van der Waals surface area contributed by atoms with Gasteiger partial charge in [0.1, 0.15) is 9.88 Å². The molecule has 0 aliphatic rings. The minimum Gasteiger partial charge on any atom is -0.342 e. The van der Waals surface area contributed by atoms with Gasteiger partial charge in [0.15, 0.2) is 17.5 Å². The number of amides is 2. The van der Waals surface area contributed by atoms with Crippen LogP contribution in [0.4, 0.5) is 18.9 Å².